The molecule has 0 aromatic rings. The van der Waals surface area contributed by atoms with E-state index < -0.39 is 12.1 Å². The van der Waals surface area contributed by atoms with Crippen molar-refractivity contribution in [1.82, 2.24) is 5.32 Å². The zero-order chi connectivity index (χ0) is 9.78. The quantitative estimate of drug-likeness (QED) is 0.530. The SMILES string of the molecule is CC(C)(C)C=NC(=O)NC(N)=O. The summed E-state index contributed by atoms with van der Waals surface area (Å²) in [6, 6.07) is -1.64. The molecule has 0 fully saturated rings. The van der Waals surface area contributed by atoms with E-state index in [4.69, 9.17) is 0 Å². The molecule has 0 bridgehead atoms. The predicted molar refractivity (Wildman–Crippen MR) is 46.1 cm³/mol. The van der Waals surface area contributed by atoms with Crippen LogP contribution in [0.2, 0.25) is 0 Å². The molecular weight excluding hydrogens is 158 g/mol. The second kappa shape index (κ2) is 3.85. The molecule has 5 nitrogen and oxygen atoms in total. The summed E-state index contributed by atoms with van der Waals surface area (Å²) in [7, 11) is 0. The topological polar surface area (TPSA) is 84.6 Å². The van der Waals surface area contributed by atoms with Crippen molar-refractivity contribution in [2.75, 3.05) is 0 Å². The number of rotatable bonds is 0. The van der Waals surface area contributed by atoms with E-state index in [0.29, 0.717) is 0 Å². The van der Waals surface area contributed by atoms with Crippen molar-refractivity contribution >= 4 is 18.3 Å². The average molecular weight is 171 g/mol. The van der Waals surface area contributed by atoms with Crippen LogP contribution in [0.25, 0.3) is 0 Å². The molecule has 0 aliphatic rings. The van der Waals surface area contributed by atoms with Gasteiger partial charge in [0.1, 0.15) is 0 Å². The molecule has 12 heavy (non-hydrogen) atoms. The summed E-state index contributed by atoms with van der Waals surface area (Å²) < 4.78 is 0. The smallest absolute Gasteiger partial charge is 0.348 e. The molecular formula is C7H13N3O2. The number of nitrogens with two attached hydrogens (primary N) is 1. The molecule has 0 aliphatic heterocycles. The number of hydrogen-bond acceptors (Lipinski definition) is 2. The number of nitrogens with one attached hydrogen (secondary N) is 1. The summed E-state index contributed by atoms with van der Waals surface area (Å²) in [4.78, 5) is 24.3. The zero-order valence-corrected chi connectivity index (χ0v) is 7.42. The Balaban J connectivity index is 4.01. The van der Waals surface area contributed by atoms with Gasteiger partial charge in [-0.15, -0.1) is 0 Å². The lowest BCUT2D eigenvalue weighted by molar-refractivity contribution is 0.236. The van der Waals surface area contributed by atoms with Crippen LogP contribution in [0.3, 0.4) is 0 Å². The molecule has 0 aliphatic carbocycles. The largest absolute Gasteiger partial charge is 0.351 e. The Morgan fingerprint density at radius 2 is 1.92 bits per heavy atom. The standard InChI is InChI=1S/C7H13N3O2/c1-7(2,3)4-9-6(12)10-5(8)11/h4H,1-3H3,(H3,8,10,11,12). The van der Waals surface area contributed by atoms with Crippen molar-refractivity contribution in [2.24, 2.45) is 16.1 Å². The van der Waals surface area contributed by atoms with Crippen molar-refractivity contribution < 1.29 is 9.59 Å². The van der Waals surface area contributed by atoms with E-state index in [1.165, 1.54) is 6.21 Å². The minimum Gasteiger partial charge on any atom is -0.351 e. The lowest BCUT2D eigenvalue weighted by Gasteiger charge is -2.08. The van der Waals surface area contributed by atoms with E-state index >= 15 is 0 Å². The molecule has 0 atom stereocenters. The molecule has 0 saturated heterocycles. The third-order valence-electron chi connectivity index (χ3n) is 0.799. The molecule has 0 spiro atoms. The summed E-state index contributed by atoms with van der Waals surface area (Å²) >= 11 is 0. The van der Waals surface area contributed by atoms with E-state index in [1.54, 1.807) is 0 Å². The van der Waals surface area contributed by atoms with Crippen LogP contribution in [0.4, 0.5) is 9.59 Å². The Kier molecular flexibility index (Phi) is 3.40. The van der Waals surface area contributed by atoms with Gasteiger partial charge in [-0.25, -0.2) is 14.6 Å². The van der Waals surface area contributed by atoms with E-state index in [1.807, 2.05) is 26.1 Å². The van der Waals surface area contributed by atoms with Gasteiger partial charge in [0.2, 0.25) is 0 Å². The molecule has 4 amide bonds. The van der Waals surface area contributed by atoms with Crippen molar-refractivity contribution in [3.8, 4) is 0 Å². The highest BCUT2D eigenvalue weighted by Crippen LogP contribution is 2.07. The summed E-state index contributed by atoms with van der Waals surface area (Å²) in [5.74, 6) is 0. The highest BCUT2D eigenvalue weighted by molar-refractivity contribution is 5.96. The normalized spacial score (nSPS) is 11.6. The molecule has 0 unspecified atom stereocenters. The van der Waals surface area contributed by atoms with E-state index in [2.05, 4.69) is 10.7 Å². The van der Waals surface area contributed by atoms with Gasteiger partial charge >= 0.3 is 12.1 Å². The minimum absolute atomic E-state index is 0.186. The van der Waals surface area contributed by atoms with Crippen LogP contribution in [0.5, 0.6) is 0 Å². The van der Waals surface area contributed by atoms with Gasteiger partial charge in [0, 0.05) is 6.21 Å². The first-order chi connectivity index (χ1) is 5.31. The van der Waals surface area contributed by atoms with Gasteiger partial charge < -0.3 is 5.73 Å². The second-order valence-corrected chi connectivity index (χ2v) is 3.42. The number of nitrogens with zero attached hydrogens (tertiary/aromatic N) is 1. The van der Waals surface area contributed by atoms with Gasteiger partial charge in [-0.1, -0.05) is 20.8 Å². The second-order valence-electron chi connectivity index (χ2n) is 3.42. The molecule has 0 aromatic carbocycles. The van der Waals surface area contributed by atoms with Gasteiger partial charge in [0.25, 0.3) is 0 Å². The third-order valence-corrected chi connectivity index (χ3v) is 0.799. The molecule has 0 heterocycles. The van der Waals surface area contributed by atoms with Gasteiger partial charge in [0.15, 0.2) is 0 Å². The van der Waals surface area contributed by atoms with Gasteiger partial charge in [0.05, 0.1) is 0 Å². The monoisotopic (exact) mass is 171 g/mol. The fraction of sp³-hybridized carbons (Fsp3) is 0.571. The molecule has 3 N–H and O–H groups in total. The first kappa shape index (κ1) is 10.6. The Bertz CT molecular complexity index is 215. The number of amides is 4. The Morgan fingerprint density at radius 1 is 1.42 bits per heavy atom. The minimum atomic E-state index is -0.897. The fourth-order valence-corrected chi connectivity index (χ4v) is 0.390. The Labute approximate surface area is 71.0 Å². The van der Waals surface area contributed by atoms with Crippen LogP contribution in [-0.4, -0.2) is 18.3 Å². The van der Waals surface area contributed by atoms with Crippen LogP contribution < -0.4 is 11.1 Å². The molecule has 0 radical (unpaired) electrons. The molecule has 68 valence electrons. The van der Waals surface area contributed by atoms with Crippen molar-refractivity contribution in [3.63, 3.8) is 0 Å². The number of primary amides is 1. The lowest BCUT2D eigenvalue weighted by atomic mass is 9.99. The summed E-state index contributed by atoms with van der Waals surface area (Å²) in [5, 5.41) is 1.82. The van der Waals surface area contributed by atoms with Crippen molar-refractivity contribution in [2.45, 2.75) is 20.8 Å². The lowest BCUT2D eigenvalue weighted by Crippen LogP contribution is -2.33. The molecule has 5 heteroatoms. The van der Waals surface area contributed by atoms with Crippen LogP contribution in [0, 0.1) is 5.41 Å². The molecule has 0 rings (SSSR count). The third kappa shape index (κ3) is 6.73. The maximum Gasteiger partial charge on any atom is 0.348 e. The number of urea groups is 2. The number of carbonyl (C=O) groups is 2. The Hall–Kier alpha value is -1.39. The van der Waals surface area contributed by atoms with Crippen LogP contribution in [0.1, 0.15) is 20.8 Å². The average Bonchev–Trinajstić information content (AvgIpc) is 1.80. The maximum absolute atomic E-state index is 10.7. The first-order valence-corrected chi connectivity index (χ1v) is 3.47. The van der Waals surface area contributed by atoms with E-state index in [0.717, 1.165) is 0 Å². The van der Waals surface area contributed by atoms with Gasteiger partial charge in [-0.05, 0) is 5.41 Å². The van der Waals surface area contributed by atoms with Crippen molar-refractivity contribution in [3.05, 3.63) is 0 Å². The van der Waals surface area contributed by atoms with Crippen molar-refractivity contribution in [1.29, 1.82) is 0 Å². The van der Waals surface area contributed by atoms with Gasteiger partial charge in [-0.2, -0.15) is 0 Å². The zero-order valence-electron chi connectivity index (χ0n) is 7.42. The van der Waals surface area contributed by atoms with E-state index in [-0.39, 0.29) is 5.41 Å². The number of hydrogen-bond donors (Lipinski definition) is 2. The molecule has 0 aromatic heterocycles. The highest BCUT2D eigenvalue weighted by Gasteiger charge is 2.07. The fourth-order valence-electron chi connectivity index (χ4n) is 0.390. The van der Waals surface area contributed by atoms with Gasteiger partial charge in [-0.3, -0.25) is 5.32 Å². The summed E-state index contributed by atoms with van der Waals surface area (Å²) in [6.07, 6.45) is 1.45. The van der Waals surface area contributed by atoms with E-state index in [9.17, 15) is 9.59 Å². The molecule has 0 saturated carbocycles. The van der Waals surface area contributed by atoms with Crippen LogP contribution >= 0.6 is 0 Å². The van der Waals surface area contributed by atoms with Crippen LogP contribution in [0.15, 0.2) is 4.99 Å². The predicted octanol–water partition coefficient (Wildman–Crippen LogP) is 0.892. The van der Waals surface area contributed by atoms with Crippen LogP contribution in [-0.2, 0) is 0 Å². The Morgan fingerprint density at radius 3 is 2.25 bits per heavy atom. The number of aliphatic imine (C=N–C) groups is 1. The number of imide groups is 1. The summed E-state index contributed by atoms with van der Waals surface area (Å²) in [5.41, 5.74) is 4.50. The first-order valence-electron chi connectivity index (χ1n) is 3.47. The summed E-state index contributed by atoms with van der Waals surface area (Å²) in [6.45, 7) is 5.65. The number of carbonyl (C=O) groups excluding carboxylic acids is 2. The maximum atomic E-state index is 10.7. The highest BCUT2D eigenvalue weighted by atomic mass is 16.2.